The number of likely N-dealkylation sites (N-methyl/N-ethyl adjacent to an activating group) is 1. The molecule has 4 nitrogen and oxygen atoms in total. The highest BCUT2D eigenvalue weighted by atomic mass is 35.5. The van der Waals surface area contributed by atoms with Gasteiger partial charge in [-0.15, -0.1) is 0 Å². The molecule has 0 aliphatic heterocycles. The molecule has 110 valence electrons. The molecule has 2 unspecified atom stereocenters. The first kappa shape index (κ1) is 14.0. The molecule has 0 bridgehead atoms. The topological polar surface area (TPSA) is 45.5 Å². The van der Waals surface area contributed by atoms with Crippen molar-refractivity contribution in [3.8, 4) is 0 Å². The van der Waals surface area contributed by atoms with Gasteiger partial charge in [-0.1, -0.05) is 24.4 Å². The van der Waals surface area contributed by atoms with Gasteiger partial charge in [0.25, 0.3) is 5.91 Å². The van der Waals surface area contributed by atoms with Crippen LogP contribution in [0.5, 0.6) is 0 Å². The van der Waals surface area contributed by atoms with E-state index >= 15 is 0 Å². The number of aromatic nitrogens is 1. The highest BCUT2D eigenvalue weighted by molar-refractivity contribution is 6.31. The second kappa shape index (κ2) is 5.41. The van der Waals surface area contributed by atoms with E-state index in [0.29, 0.717) is 16.8 Å². The summed E-state index contributed by atoms with van der Waals surface area (Å²) < 4.78 is 2.00. The monoisotopic (exact) mass is 296 g/mol. The van der Waals surface area contributed by atoms with Crippen LogP contribution in [0.4, 0.5) is 0 Å². The van der Waals surface area contributed by atoms with Crippen molar-refractivity contribution in [2.24, 2.45) is 0 Å². The Bertz CT molecular complexity index is 510. The fourth-order valence-electron chi connectivity index (χ4n) is 3.15. The molecule has 1 heterocycles. The number of hydrogen-bond acceptors (Lipinski definition) is 2. The van der Waals surface area contributed by atoms with E-state index in [2.05, 4.69) is 0 Å². The molecule has 2 saturated carbocycles. The number of rotatable bonds is 3. The zero-order valence-corrected chi connectivity index (χ0v) is 12.5. The number of halogens is 1. The summed E-state index contributed by atoms with van der Waals surface area (Å²) in [6.07, 6.45) is 7.44. The van der Waals surface area contributed by atoms with Crippen LogP contribution in [0.3, 0.4) is 0 Å². The van der Waals surface area contributed by atoms with E-state index in [9.17, 15) is 9.90 Å². The molecule has 20 heavy (non-hydrogen) atoms. The van der Waals surface area contributed by atoms with Gasteiger partial charge in [0.1, 0.15) is 5.69 Å². The third kappa shape index (κ3) is 2.59. The van der Waals surface area contributed by atoms with Crippen LogP contribution in [0.25, 0.3) is 0 Å². The smallest absolute Gasteiger partial charge is 0.270 e. The highest BCUT2D eigenvalue weighted by Gasteiger charge is 2.33. The molecular formula is C15H21ClN2O2. The van der Waals surface area contributed by atoms with Gasteiger partial charge in [-0.2, -0.15) is 0 Å². The van der Waals surface area contributed by atoms with Crippen LogP contribution in [0.2, 0.25) is 5.02 Å². The summed E-state index contributed by atoms with van der Waals surface area (Å²) in [4.78, 5) is 14.4. The van der Waals surface area contributed by atoms with Crippen LogP contribution in [-0.2, 0) is 0 Å². The molecule has 0 radical (unpaired) electrons. The Hall–Kier alpha value is -1.00. The molecule has 5 heteroatoms. The molecule has 2 aliphatic carbocycles. The van der Waals surface area contributed by atoms with Crippen molar-refractivity contribution in [1.82, 2.24) is 9.47 Å². The minimum atomic E-state index is -0.405. The molecule has 0 spiro atoms. The van der Waals surface area contributed by atoms with Crippen molar-refractivity contribution in [3.05, 3.63) is 23.0 Å². The third-order valence-electron chi connectivity index (χ3n) is 4.49. The largest absolute Gasteiger partial charge is 0.391 e. The van der Waals surface area contributed by atoms with Gasteiger partial charge >= 0.3 is 0 Å². The van der Waals surface area contributed by atoms with Crippen molar-refractivity contribution in [2.45, 2.75) is 56.7 Å². The molecular weight excluding hydrogens is 276 g/mol. The van der Waals surface area contributed by atoms with Crippen LogP contribution < -0.4 is 0 Å². The van der Waals surface area contributed by atoms with E-state index in [-0.39, 0.29) is 11.9 Å². The highest BCUT2D eigenvalue weighted by Crippen LogP contribution is 2.38. The maximum absolute atomic E-state index is 12.7. The molecule has 3 rings (SSSR count). The van der Waals surface area contributed by atoms with E-state index in [1.54, 1.807) is 18.0 Å². The lowest BCUT2D eigenvalue weighted by atomic mass is 9.91. The predicted molar refractivity (Wildman–Crippen MR) is 78.1 cm³/mol. The number of carbonyl (C=O) groups excluding carboxylic acids is 1. The Morgan fingerprint density at radius 2 is 2.05 bits per heavy atom. The fourth-order valence-corrected chi connectivity index (χ4v) is 3.36. The molecule has 0 aromatic carbocycles. The van der Waals surface area contributed by atoms with Gasteiger partial charge in [0.2, 0.25) is 0 Å². The minimum absolute atomic E-state index is 0.0326. The first-order valence-corrected chi connectivity index (χ1v) is 7.78. The first-order chi connectivity index (χ1) is 9.58. The van der Waals surface area contributed by atoms with Gasteiger partial charge in [0.15, 0.2) is 0 Å². The summed E-state index contributed by atoms with van der Waals surface area (Å²) in [6, 6.07) is 2.09. The maximum atomic E-state index is 12.7. The lowest BCUT2D eigenvalue weighted by molar-refractivity contribution is 0.0261. The van der Waals surface area contributed by atoms with Crippen molar-refractivity contribution in [2.75, 3.05) is 7.05 Å². The summed E-state index contributed by atoms with van der Waals surface area (Å²) in [7, 11) is 1.79. The number of carbonyl (C=O) groups is 1. The van der Waals surface area contributed by atoms with Crippen LogP contribution in [0.1, 0.15) is 55.1 Å². The molecule has 1 amide bonds. The van der Waals surface area contributed by atoms with Gasteiger partial charge in [0.05, 0.1) is 17.2 Å². The summed E-state index contributed by atoms with van der Waals surface area (Å²) in [5.41, 5.74) is 0.651. The Morgan fingerprint density at radius 3 is 2.70 bits per heavy atom. The number of aliphatic hydroxyl groups excluding tert-OH is 1. The molecule has 2 atom stereocenters. The molecule has 0 saturated heterocycles. The van der Waals surface area contributed by atoms with Gasteiger partial charge in [-0.25, -0.2) is 0 Å². The third-order valence-corrected chi connectivity index (χ3v) is 4.69. The van der Waals surface area contributed by atoms with Gasteiger partial charge < -0.3 is 14.6 Å². The van der Waals surface area contributed by atoms with E-state index < -0.39 is 6.10 Å². The number of hydrogen-bond donors (Lipinski definition) is 1. The van der Waals surface area contributed by atoms with E-state index in [1.165, 1.54) is 0 Å². The first-order valence-electron chi connectivity index (χ1n) is 7.40. The maximum Gasteiger partial charge on any atom is 0.270 e. The zero-order chi connectivity index (χ0) is 14.3. The van der Waals surface area contributed by atoms with E-state index in [0.717, 1.165) is 38.5 Å². The van der Waals surface area contributed by atoms with Gasteiger partial charge in [0, 0.05) is 19.3 Å². The zero-order valence-electron chi connectivity index (χ0n) is 11.8. The molecule has 1 aromatic heterocycles. The average molecular weight is 297 g/mol. The molecule has 1 N–H and O–H groups in total. The molecule has 1 aromatic rings. The van der Waals surface area contributed by atoms with Crippen LogP contribution in [0.15, 0.2) is 12.3 Å². The lowest BCUT2D eigenvalue weighted by Gasteiger charge is -2.35. The van der Waals surface area contributed by atoms with Crippen molar-refractivity contribution >= 4 is 17.5 Å². The van der Waals surface area contributed by atoms with Crippen LogP contribution in [0, 0.1) is 0 Å². The number of aliphatic hydroxyl groups is 1. The van der Waals surface area contributed by atoms with Crippen molar-refractivity contribution in [3.63, 3.8) is 0 Å². The molecule has 2 aliphatic rings. The van der Waals surface area contributed by atoms with Crippen LogP contribution >= 0.6 is 11.6 Å². The lowest BCUT2D eigenvalue weighted by Crippen LogP contribution is -2.46. The van der Waals surface area contributed by atoms with Crippen molar-refractivity contribution in [1.29, 1.82) is 0 Å². The minimum Gasteiger partial charge on any atom is -0.391 e. The summed E-state index contributed by atoms with van der Waals surface area (Å²) >= 11 is 6.06. The Morgan fingerprint density at radius 1 is 1.35 bits per heavy atom. The Kier molecular flexibility index (Phi) is 3.78. The van der Waals surface area contributed by atoms with E-state index in [4.69, 9.17) is 11.6 Å². The summed E-state index contributed by atoms with van der Waals surface area (Å²) in [6.45, 7) is 0. The average Bonchev–Trinajstić information content (AvgIpc) is 3.20. The summed E-state index contributed by atoms with van der Waals surface area (Å²) in [5.74, 6) is -0.0326. The van der Waals surface area contributed by atoms with Crippen molar-refractivity contribution < 1.29 is 9.90 Å². The molecule has 2 fully saturated rings. The second-order valence-corrected chi connectivity index (χ2v) is 6.45. The number of amides is 1. The fraction of sp³-hybridized carbons (Fsp3) is 0.667. The summed E-state index contributed by atoms with van der Waals surface area (Å²) in [5, 5.41) is 10.7. The van der Waals surface area contributed by atoms with E-state index in [1.807, 2.05) is 10.8 Å². The number of nitrogens with zero attached hydrogens (tertiary/aromatic N) is 2. The SMILES string of the molecule is CN(C(=O)c1cc(Cl)cn1C1CC1)C1CCCCC1O. The predicted octanol–water partition coefficient (Wildman–Crippen LogP) is 2.85. The van der Waals surface area contributed by atoms with Gasteiger partial charge in [-0.3, -0.25) is 4.79 Å². The second-order valence-electron chi connectivity index (χ2n) is 6.02. The quantitative estimate of drug-likeness (QED) is 0.932. The Labute approximate surface area is 124 Å². The Balaban J connectivity index is 1.80. The van der Waals surface area contributed by atoms with Gasteiger partial charge in [-0.05, 0) is 31.7 Å². The standard InChI is InChI=1S/C15H21ClN2O2/c1-17(12-4-2-3-5-14(12)19)15(20)13-8-10(16)9-18(13)11-6-7-11/h8-9,11-12,14,19H,2-7H2,1H3. The van der Waals surface area contributed by atoms with Crippen LogP contribution in [-0.4, -0.2) is 39.7 Å². The normalized spacial score (nSPS) is 26.6.